The summed E-state index contributed by atoms with van der Waals surface area (Å²) >= 11 is 0. The van der Waals surface area contributed by atoms with Crippen LogP contribution in [0.15, 0.2) is 58.5 Å². The first-order valence-corrected chi connectivity index (χ1v) is 7.65. The molecule has 4 rings (SSSR count). The summed E-state index contributed by atoms with van der Waals surface area (Å²) in [5.41, 5.74) is 1.69. The summed E-state index contributed by atoms with van der Waals surface area (Å²) in [4.78, 5) is 33.3. The molecule has 7 heteroatoms. The summed E-state index contributed by atoms with van der Waals surface area (Å²) in [6.07, 6.45) is 3.05. The van der Waals surface area contributed by atoms with Crippen LogP contribution in [0.5, 0.6) is 0 Å². The fourth-order valence-electron chi connectivity index (χ4n) is 2.76. The quantitative estimate of drug-likeness (QED) is 0.561. The van der Waals surface area contributed by atoms with E-state index in [-0.39, 0.29) is 17.7 Å². The zero-order valence-corrected chi connectivity index (χ0v) is 13.3. The zero-order valence-electron chi connectivity index (χ0n) is 13.3. The molecule has 0 unspecified atom stereocenters. The van der Waals surface area contributed by atoms with Crippen molar-refractivity contribution in [3.63, 3.8) is 0 Å². The van der Waals surface area contributed by atoms with Crippen LogP contribution in [0.3, 0.4) is 0 Å². The minimum absolute atomic E-state index is 0.110. The summed E-state index contributed by atoms with van der Waals surface area (Å²) in [6, 6.07) is 8.85. The van der Waals surface area contributed by atoms with Gasteiger partial charge in [0.25, 0.3) is 11.1 Å². The highest BCUT2D eigenvalue weighted by Crippen LogP contribution is 2.09. The number of hydrogen-bond acceptors (Lipinski definition) is 4. The minimum atomic E-state index is -0.448. The number of nitrogens with zero attached hydrogens (tertiary/aromatic N) is 4. The van der Waals surface area contributed by atoms with Gasteiger partial charge in [0.05, 0.1) is 29.5 Å². The second-order valence-electron chi connectivity index (χ2n) is 5.86. The van der Waals surface area contributed by atoms with E-state index in [9.17, 15) is 14.0 Å². The van der Waals surface area contributed by atoms with E-state index in [2.05, 4.69) is 9.97 Å². The lowest BCUT2D eigenvalue weighted by molar-refractivity contribution is 0.629. The van der Waals surface area contributed by atoms with Gasteiger partial charge in [-0.1, -0.05) is 6.07 Å². The van der Waals surface area contributed by atoms with E-state index in [0.717, 1.165) is 5.56 Å². The highest BCUT2D eigenvalue weighted by molar-refractivity contribution is 5.77. The normalized spacial score (nSPS) is 11.3. The van der Waals surface area contributed by atoms with Gasteiger partial charge in [0.15, 0.2) is 0 Å². The van der Waals surface area contributed by atoms with E-state index in [4.69, 9.17) is 0 Å². The molecule has 0 amide bonds. The maximum absolute atomic E-state index is 13.2. The second-order valence-corrected chi connectivity index (χ2v) is 5.86. The number of aromatic nitrogens is 4. The van der Waals surface area contributed by atoms with Gasteiger partial charge in [-0.05, 0) is 30.7 Å². The third kappa shape index (κ3) is 2.69. The third-order valence-electron chi connectivity index (χ3n) is 3.98. The third-order valence-corrected chi connectivity index (χ3v) is 3.98. The smallest absolute Gasteiger partial charge is 0.261 e. The van der Waals surface area contributed by atoms with Crippen molar-refractivity contribution in [2.75, 3.05) is 0 Å². The lowest BCUT2D eigenvalue weighted by Crippen LogP contribution is -2.23. The van der Waals surface area contributed by atoms with Crippen LogP contribution < -0.4 is 11.1 Å². The van der Waals surface area contributed by atoms with E-state index in [1.165, 1.54) is 39.6 Å². The van der Waals surface area contributed by atoms with Crippen molar-refractivity contribution in [3.05, 3.63) is 86.7 Å². The fourth-order valence-corrected chi connectivity index (χ4v) is 2.76. The lowest BCUT2D eigenvalue weighted by atomic mass is 10.2. The Hall–Kier alpha value is -3.35. The predicted octanol–water partition coefficient (Wildman–Crippen LogP) is 1.90. The Morgan fingerprint density at radius 3 is 2.80 bits per heavy atom. The van der Waals surface area contributed by atoms with Crippen LogP contribution in [-0.4, -0.2) is 18.9 Å². The first-order valence-electron chi connectivity index (χ1n) is 7.65. The van der Waals surface area contributed by atoms with Crippen LogP contribution in [0, 0.1) is 12.7 Å². The SMILES string of the molecule is Cc1ccc2nc(Cn3cnc4cc(F)ccc4c3=O)cc(=O)n2c1. The molecule has 124 valence electrons. The number of benzene rings is 1. The standard InChI is InChI=1S/C18H13FN4O2/c1-11-2-5-16-21-13(7-17(24)23(16)8-11)9-22-10-20-15-6-12(19)3-4-14(15)18(22)25/h2-8,10H,9H2,1H3. The van der Waals surface area contributed by atoms with Crippen molar-refractivity contribution in [1.29, 1.82) is 0 Å². The van der Waals surface area contributed by atoms with Crippen molar-refractivity contribution in [2.45, 2.75) is 13.5 Å². The topological polar surface area (TPSA) is 69.3 Å². The number of fused-ring (bicyclic) bond motifs is 2. The van der Waals surface area contributed by atoms with E-state index >= 15 is 0 Å². The molecule has 0 fully saturated rings. The average Bonchev–Trinajstić information content (AvgIpc) is 2.58. The number of halogens is 1. The van der Waals surface area contributed by atoms with Crippen molar-refractivity contribution in [2.24, 2.45) is 0 Å². The first-order chi connectivity index (χ1) is 12.0. The molecular weight excluding hydrogens is 323 g/mol. The first kappa shape index (κ1) is 15.2. The monoisotopic (exact) mass is 336 g/mol. The Balaban J connectivity index is 1.81. The van der Waals surface area contributed by atoms with Crippen molar-refractivity contribution in [1.82, 2.24) is 18.9 Å². The molecule has 0 aliphatic rings. The van der Waals surface area contributed by atoms with Crippen LogP contribution in [0.4, 0.5) is 4.39 Å². The molecule has 6 nitrogen and oxygen atoms in total. The molecular formula is C18H13FN4O2. The summed E-state index contributed by atoms with van der Waals surface area (Å²) < 4.78 is 16.1. The van der Waals surface area contributed by atoms with Gasteiger partial charge in [0, 0.05) is 18.3 Å². The maximum atomic E-state index is 13.2. The van der Waals surface area contributed by atoms with Gasteiger partial charge < -0.3 is 0 Å². The van der Waals surface area contributed by atoms with Gasteiger partial charge in [-0.15, -0.1) is 0 Å². The summed E-state index contributed by atoms with van der Waals surface area (Å²) in [5.74, 6) is -0.448. The number of rotatable bonds is 2. The fraction of sp³-hybridized carbons (Fsp3) is 0.111. The Kier molecular flexibility index (Phi) is 3.42. The van der Waals surface area contributed by atoms with Crippen LogP contribution >= 0.6 is 0 Å². The second kappa shape index (κ2) is 5.62. The Bertz CT molecular complexity index is 1240. The molecule has 1 aromatic carbocycles. The molecule has 0 aliphatic carbocycles. The molecule has 0 bridgehead atoms. The van der Waals surface area contributed by atoms with Crippen LogP contribution in [-0.2, 0) is 6.54 Å². The van der Waals surface area contributed by atoms with Crippen molar-refractivity contribution < 1.29 is 4.39 Å². The maximum Gasteiger partial charge on any atom is 0.261 e. The average molecular weight is 336 g/mol. The van der Waals surface area contributed by atoms with Crippen molar-refractivity contribution >= 4 is 16.6 Å². The van der Waals surface area contributed by atoms with Crippen LogP contribution in [0.25, 0.3) is 16.6 Å². The highest BCUT2D eigenvalue weighted by atomic mass is 19.1. The zero-order chi connectivity index (χ0) is 17.6. The highest BCUT2D eigenvalue weighted by Gasteiger charge is 2.08. The molecule has 0 saturated heterocycles. The largest absolute Gasteiger partial charge is 0.293 e. The van der Waals surface area contributed by atoms with E-state index in [1.54, 1.807) is 12.3 Å². The van der Waals surface area contributed by atoms with E-state index < -0.39 is 5.82 Å². The van der Waals surface area contributed by atoms with E-state index in [0.29, 0.717) is 22.2 Å². The molecule has 0 radical (unpaired) electrons. The number of aryl methyl sites for hydroxylation is 1. The molecule has 0 saturated carbocycles. The van der Waals surface area contributed by atoms with Gasteiger partial charge >= 0.3 is 0 Å². The van der Waals surface area contributed by atoms with Gasteiger partial charge in [0.2, 0.25) is 0 Å². The van der Waals surface area contributed by atoms with Gasteiger partial charge in [-0.25, -0.2) is 14.4 Å². The Labute approximate surface area is 140 Å². The molecule has 0 atom stereocenters. The van der Waals surface area contributed by atoms with E-state index in [1.807, 2.05) is 13.0 Å². The van der Waals surface area contributed by atoms with Gasteiger partial charge in [-0.2, -0.15) is 0 Å². The van der Waals surface area contributed by atoms with Gasteiger partial charge in [-0.3, -0.25) is 18.6 Å². The molecule has 4 aromatic rings. The molecule has 0 spiro atoms. The van der Waals surface area contributed by atoms with Crippen LogP contribution in [0.1, 0.15) is 11.3 Å². The molecule has 3 aromatic heterocycles. The molecule has 25 heavy (non-hydrogen) atoms. The van der Waals surface area contributed by atoms with Gasteiger partial charge in [0.1, 0.15) is 11.5 Å². The summed E-state index contributed by atoms with van der Waals surface area (Å²) in [5, 5.41) is 0.317. The number of hydrogen-bond donors (Lipinski definition) is 0. The summed E-state index contributed by atoms with van der Waals surface area (Å²) in [7, 11) is 0. The summed E-state index contributed by atoms with van der Waals surface area (Å²) in [6.45, 7) is 2.00. The van der Waals surface area contributed by atoms with Crippen molar-refractivity contribution in [3.8, 4) is 0 Å². The predicted molar refractivity (Wildman–Crippen MR) is 91.3 cm³/mol. The van der Waals surface area contributed by atoms with Crippen LogP contribution in [0.2, 0.25) is 0 Å². The molecule has 0 N–H and O–H groups in total. The Morgan fingerprint density at radius 2 is 1.96 bits per heavy atom. The Morgan fingerprint density at radius 1 is 1.12 bits per heavy atom. The number of pyridine rings is 1. The molecule has 0 aliphatic heterocycles. The lowest BCUT2D eigenvalue weighted by Gasteiger charge is -2.08. The minimum Gasteiger partial charge on any atom is -0.293 e. The molecule has 3 heterocycles.